The molecular formula is C18H18F6. The van der Waals surface area contributed by atoms with E-state index in [2.05, 4.69) is 0 Å². The molecule has 2 unspecified atom stereocenters. The molecule has 1 aliphatic rings. The summed E-state index contributed by atoms with van der Waals surface area (Å²) in [6, 6.07) is 4.35. The number of rotatable bonds is 2. The third-order valence-electron chi connectivity index (χ3n) is 4.62. The van der Waals surface area contributed by atoms with Crippen molar-refractivity contribution in [1.82, 2.24) is 0 Å². The first-order valence-corrected chi connectivity index (χ1v) is 7.52. The second-order valence-corrected chi connectivity index (χ2v) is 6.31. The van der Waals surface area contributed by atoms with Crippen LogP contribution in [0.3, 0.4) is 0 Å². The zero-order chi connectivity index (χ0) is 18.3. The Labute approximate surface area is 136 Å². The quantitative estimate of drug-likeness (QED) is 0.564. The molecule has 0 nitrogen and oxygen atoms in total. The summed E-state index contributed by atoms with van der Waals surface area (Å²) in [6.45, 7) is 4.97. The highest BCUT2D eigenvalue weighted by Gasteiger charge is 2.73. The zero-order valence-corrected chi connectivity index (χ0v) is 13.5. The maximum atomic E-state index is 13.9. The Balaban J connectivity index is 2.81. The lowest BCUT2D eigenvalue weighted by atomic mass is 9.69. The summed E-state index contributed by atoms with van der Waals surface area (Å²) >= 11 is 0. The molecule has 0 fully saturated rings. The molecule has 0 aliphatic heterocycles. The Bertz CT molecular complexity index is 632. The van der Waals surface area contributed by atoms with Crippen LogP contribution in [0.2, 0.25) is 0 Å². The van der Waals surface area contributed by atoms with Gasteiger partial charge in [0.15, 0.2) is 0 Å². The van der Waals surface area contributed by atoms with Gasteiger partial charge in [0.05, 0.1) is 0 Å². The summed E-state index contributed by atoms with van der Waals surface area (Å²) in [5.74, 6) is -0.537. The van der Waals surface area contributed by atoms with Crippen molar-refractivity contribution >= 4 is 0 Å². The topological polar surface area (TPSA) is 0 Å². The summed E-state index contributed by atoms with van der Waals surface area (Å²) in [7, 11) is 0. The number of hydrogen-bond donors (Lipinski definition) is 0. The Morgan fingerprint density at radius 2 is 1.29 bits per heavy atom. The van der Waals surface area contributed by atoms with Gasteiger partial charge in [0, 0.05) is 0 Å². The average molecular weight is 348 g/mol. The largest absolute Gasteiger partial charge is 0.411 e. The van der Waals surface area contributed by atoms with Crippen LogP contribution in [-0.4, -0.2) is 12.4 Å². The molecule has 1 aromatic rings. The minimum atomic E-state index is -5.52. The number of allylic oxidation sites excluding steroid dienone is 4. The summed E-state index contributed by atoms with van der Waals surface area (Å²) < 4.78 is 83.2. The van der Waals surface area contributed by atoms with Gasteiger partial charge in [-0.15, -0.1) is 0 Å². The van der Waals surface area contributed by atoms with E-state index >= 15 is 0 Å². The first-order valence-electron chi connectivity index (χ1n) is 7.52. The van der Waals surface area contributed by atoms with Gasteiger partial charge in [0.1, 0.15) is 0 Å². The number of aryl methyl sites for hydroxylation is 1. The minimum Gasteiger partial charge on any atom is -0.169 e. The van der Waals surface area contributed by atoms with E-state index in [4.69, 9.17) is 0 Å². The summed E-state index contributed by atoms with van der Waals surface area (Å²) in [4.78, 5) is 0. The molecule has 6 heteroatoms. The molecule has 1 aliphatic carbocycles. The van der Waals surface area contributed by atoms with Crippen LogP contribution in [0.25, 0.3) is 0 Å². The molecule has 0 aromatic heterocycles. The van der Waals surface area contributed by atoms with Crippen molar-refractivity contribution in [3.63, 3.8) is 0 Å². The molecule has 2 rings (SSSR count). The monoisotopic (exact) mass is 348 g/mol. The first kappa shape index (κ1) is 18.6. The normalized spacial score (nSPS) is 22.5. The van der Waals surface area contributed by atoms with Crippen LogP contribution in [0.4, 0.5) is 26.3 Å². The van der Waals surface area contributed by atoms with Gasteiger partial charge in [-0.1, -0.05) is 61.9 Å². The van der Waals surface area contributed by atoms with E-state index in [1.807, 2.05) is 0 Å². The van der Waals surface area contributed by atoms with Crippen molar-refractivity contribution in [2.75, 3.05) is 0 Å². The van der Waals surface area contributed by atoms with E-state index in [-0.39, 0.29) is 5.92 Å². The molecule has 132 valence electrons. The highest BCUT2D eigenvalue weighted by atomic mass is 19.4. The van der Waals surface area contributed by atoms with Crippen LogP contribution < -0.4 is 0 Å². The third-order valence-corrected chi connectivity index (χ3v) is 4.62. The molecular weight excluding hydrogens is 330 g/mol. The molecule has 24 heavy (non-hydrogen) atoms. The smallest absolute Gasteiger partial charge is 0.169 e. The van der Waals surface area contributed by atoms with Gasteiger partial charge in [0.25, 0.3) is 0 Å². The van der Waals surface area contributed by atoms with Gasteiger partial charge < -0.3 is 0 Å². The van der Waals surface area contributed by atoms with Gasteiger partial charge in [-0.25, -0.2) is 0 Å². The molecule has 0 N–H and O–H groups in total. The summed E-state index contributed by atoms with van der Waals surface area (Å²) in [6.07, 6.45) is -7.58. The third kappa shape index (κ3) is 2.87. The van der Waals surface area contributed by atoms with E-state index in [0.29, 0.717) is 5.56 Å². The van der Waals surface area contributed by atoms with Gasteiger partial charge in [-0.3, -0.25) is 0 Å². The molecule has 0 spiro atoms. The van der Waals surface area contributed by atoms with Crippen LogP contribution in [0.5, 0.6) is 0 Å². The van der Waals surface area contributed by atoms with Crippen LogP contribution in [0.15, 0.2) is 48.1 Å². The van der Waals surface area contributed by atoms with Crippen LogP contribution in [0, 0.1) is 18.8 Å². The fraction of sp³-hybridized carbons (Fsp3) is 0.444. The number of halogens is 6. The lowest BCUT2D eigenvalue weighted by Crippen LogP contribution is -2.55. The standard InChI is InChI=1S/C18H18F6/c1-11-4-7-14(8-5-11)16(17(19,20)21,18(22,23)24)15-9-6-12(2)13(3)10-15/h4-10,12-13H,1-3H3. The fourth-order valence-corrected chi connectivity index (χ4v) is 2.96. The van der Waals surface area contributed by atoms with E-state index in [1.165, 1.54) is 18.2 Å². The van der Waals surface area contributed by atoms with E-state index in [0.717, 1.165) is 24.3 Å². The minimum absolute atomic E-state index is 0.120. The number of benzene rings is 1. The molecule has 2 atom stereocenters. The number of alkyl halides is 6. The molecule has 0 saturated carbocycles. The second-order valence-electron chi connectivity index (χ2n) is 6.31. The molecule has 0 saturated heterocycles. The highest BCUT2D eigenvalue weighted by Crippen LogP contribution is 2.57. The van der Waals surface area contributed by atoms with Crippen molar-refractivity contribution in [3.05, 3.63) is 59.2 Å². The lowest BCUT2D eigenvalue weighted by Gasteiger charge is -2.40. The Morgan fingerprint density at radius 3 is 1.71 bits per heavy atom. The van der Waals surface area contributed by atoms with Crippen molar-refractivity contribution < 1.29 is 26.3 Å². The highest BCUT2D eigenvalue weighted by molar-refractivity contribution is 5.48. The van der Waals surface area contributed by atoms with E-state index in [1.54, 1.807) is 20.8 Å². The van der Waals surface area contributed by atoms with Gasteiger partial charge in [-0.05, 0) is 29.9 Å². The predicted octanol–water partition coefficient (Wildman–Crippen LogP) is 6.13. The molecule has 0 radical (unpaired) electrons. The summed E-state index contributed by atoms with van der Waals surface area (Å²) in [5.41, 5.74) is -5.02. The molecule has 0 amide bonds. The lowest BCUT2D eigenvalue weighted by molar-refractivity contribution is -0.289. The van der Waals surface area contributed by atoms with Gasteiger partial charge in [-0.2, -0.15) is 26.3 Å². The van der Waals surface area contributed by atoms with Crippen LogP contribution >= 0.6 is 0 Å². The predicted molar refractivity (Wildman–Crippen MR) is 80.5 cm³/mol. The summed E-state index contributed by atoms with van der Waals surface area (Å²) in [5, 5.41) is 0. The number of hydrogen-bond acceptors (Lipinski definition) is 0. The van der Waals surface area contributed by atoms with Crippen LogP contribution in [-0.2, 0) is 5.41 Å². The average Bonchev–Trinajstić information content (AvgIpc) is 2.42. The van der Waals surface area contributed by atoms with Crippen LogP contribution in [0.1, 0.15) is 25.0 Å². The van der Waals surface area contributed by atoms with Crippen molar-refractivity contribution in [3.8, 4) is 0 Å². The van der Waals surface area contributed by atoms with Crippen molar-refractivity contribution in [2.24, 2.45) is 11.8 Å². The Morgan fingerprint density at radius 1 is 0.792 bits per heavy atom. The van der Waals surface area contributed by atoms with Gasteiger partial charge >= 0.3 is 12.4 Å². The first-order chi connectivity index (χ1) is 10.9. The van der Waals surface area contributed by atoms with Gasteiger partial charge in [0.2, 0.25) is 5.41 Å². The maximum absolute atomic E-state index is 13.9. The molecule has 1 aromatic carbocycles. The van der Waals surface area contributed by atoms with E-state index < -0.39 is 34.8 Å². The maximum Gasteiger partial charge on any atom is 0.411 e. The van der Waals surface area contributed by atoms with E-state index in [9.17, 15) is 26.3 Å². The SMILES string of the molecule is Cc1ccc(C(C2=CC(C)C(C)C=C2)(C(F)(F)F)C(F)(F)F)cc1. The molecule has 0 bridgehead atoms. The van der Waals surface area contributed by atoms with Crippen molar-refractivity contribution in [2.45, 2.75) is 38.5 Å². The Kier molecular flexibility index (Phi) is 4.63. The zero-order valence-electron chi connectivity index (χ0n) is 13.5. The molecule has 0 heterocycles. The fourth-order valence-electron chi connectivity index (χ4n) is 2.96. The Hall–Kier alpha value is -1.72. The second kappa shape index (κ2) is 5.97. The van der Waals surface area contributed by atoms with Crippen molar-refractivity contribution in [1.29, 1.82) is 0 Å².